The number of hydrogen-bond acceptors (Lipinski definition) is 7. The van der Waals surface area contributed by atoms with Crippen molar-refractivity contribution >= 4 is 47.2 Å². The first-order chi connectivity index (χ1) is 11.9. The average molecular weight is 402 g/mol. The van der Waals surface area contributed by atoms with E-state index in [1.807, 2.05) is 0 Å². The maximum absolute atomic E-state index is 14.0. The molecule has 0 bridgehead atoms. The van der Waals surface area contributed by atoms with Gasteiger partial charge in [-0.1, -0.05) is 11.6 Å². The zero-order chi connectivity index (χ0) is 17.8. The first-order valence-electron chi connectivity index (χ1n) is 7.49. The number of carbonyl (C=O) groups is 1. The van der Waals surface area contributed by atoms with E-state index in [1.165, 1.54) is 6.07 Å². The van der Waals surface area contributed by atoms with E-state index in [4.69, 9.17) is 17.3 Å². The van der Waals surface area contributed by atoms with Crippen LogP contribution in [0.5, 0.6) is 0 Å². The molecule has 1 aliphatic carbocycles. The van der Waals surface area contributed by atoms with Gasteiger partial charge in [0.1, 0.15) is 23.4 Å². The smallest absolute Gasteiger partial charge is 0.293 e. The molecule has 5 N–H and O–H groups in total. The molecule has 0 saturated heterocycles. The first-order valence-corrected chi connectivity index (χ1v) is 7.87. The minimum absolute atomic E-state index is 0. The SMILES string of the molecule is Cl.Nc1ncnc(Nc2cc(Cl)c3n(c2=O)NC2(CCC2)NC3=O)c1F. The molecule has 26 heavy (non-hydrogen) atoms. The molecule has 0 radical (unpaired) electrons. The molecule has 2 aromatic heterocycles. The standard InChI is InChI=1S/C14H13ClFN7O2.ClH/c15-6-4-7(20-11-8(16)10(17)18-5-19-11)13(25)23-9(6)12(24)21-14(22-23)2-1-3-14;/h4-5,22H,1-3H2,(H,21,24)(H3,17,18,19,20);1H. The van der Waals surface area contributed by atoms with Gasteiger partial charge in [0, 0.05) is 0 Å². The van der Waals surface area contributed by atoms with Crippen LogP contribution in [0.4, 0.5) is 21.7 Å². The quantitative estimate of drug-likeness (QED) is 0.597. The largest absolute Gasteiger partial charge is 0.381 e. The molecule has 1 amide bonds. The van der Waals surface area contributed by atoms with E-state index in [9.17, 15) is 14.0 Å². The van der Waals surface area contributed by atoms with E-state index in [2.05, 4.69) is 26.0 Å². The van der Waals surface area contributed by atoms with Crippen molar-refractivity contribution in [3.8, 4) is 0 Å². The van der Waals surface area contributed by atoms with Crippen molar-refractivity contribution in [1.29, 1.82) is 0 Å². The predicted molar refractivity (Wildman–Crippen MR) is 96.1 cm³/mol. The summed E-state index contributed by atoms with van der Waals surface area (Å²) in [6, 6.07) is 1.24. The molecule has 9 nitrogen and oxygen atoms in total. The molecule has 0 aromatic carbocycles. The molecule has 12 heteroatoms. The third kappa shape index (κ3) is 2.71. The van der Waals surface area contributed by atoms with Crippen LogP contribution in [0.3, 0.4) is 0 Å². The van der Waals surface area contributed by atoms with E-state index in [0.29, 0.717) is 12.8 Å². The summed E-state index contributed by atoms with van der Waals surface area (Å²) >= 11 is 6.15. The summed E-state index contributed by atoms with van der Waals surface area (Å²) in [5.41, 5.74) is 7.10. The fourth-order valence-corrected chi connectivity index (χ4v) is 3.16. The molecule has 2 aliphatic rings. The molecule has 138 valence electrons. The van der Waals surface area contributed by atoms with Crippen molar-refractivity contribution in [1.82, 2.24) is 20.0 Å². The number of fused-ring (bicyclic) bond motifs is 1. The molecule has 0 unspecified atom stereocenters. The van der Waals surface area contributed by atoms with E-state index in [-0.39, 0.29) is 40.4 Å². The monoisotopic (exact) mass is 401 g/mol. The van der Waals surface area contributed by atoms with E-state index >= 15 is 0 Å². The molecular weight excluding hydrogens is 388 g/mol. The van der Waals surface area contributed by atoms with Crippen LogP contribution < -0.4 is 27.4 Å². The van der Waals surface area contributed by atoms with Gasteiger partial charge < -0.3 is 16.4 Å². The fourth-order valence-electron chi connectivity index (χ4n) is 2.88. The average Bonchev–Trinajstić information content (AvgIpc) is 2.54. The van der Waals surface area contributed by atoms with Crippen molar-refractivity contribution in [2.45, 2.75) is 24.9 Å². The van der Waals surface area contributed by atoms with E-state index in [0.717, 1.165) is 17.4 Å². The summed E-state index contributed by atoms with van der Waals surface area (Å²) in [6.07, 6.45) is 3.37. The molecule has 0 atom stereocenters. The third-order valence-corrected chi connectivity index (χ3v) is 4.61. The number of anilines is 3. The van der Waals surface area contributed by atoms with Crippen LogP contribution in [0, 0.1) is 5.82 Å². The number of halogens is 3. The highest BCUT2D eigenvalue weighted by Crippen LogP contribution is 2.34. The lowest BCUT2D eigenvalue weighted by molar-refractivity contribution is 0.0790. The van der Waals surface area contributed by atoms with Crippen molar-refractivity contribution < 1.29 is 9.18 Å². The first kappa shape index (κ1) is 18.2. The van der Waals surface area contributed by atoms with Gasteiger partial charge in [-0.15, -0.1) is 12.4 Å². The second-order valence-electron chi connectivity index (χ2n) is 5.94. The van der Waals surface area contributed by atoms with Gasteiger partial charge in [-0.3, -0.25) is 15.0 Å². The zero-order valence-electron chi connectivity index (χ0n) is 13.2. The lowest BCUT2D eigenvalue weighted by Crippen LogP contribution is -2.67. The summed E-state index contributed by atoms with van der Waals surface area (Å²) in [5.74, 6) is -1.95. The number of carbonyl (C=O) groups excluding carboxylic acids is 1. The lowest BCUT2D eigenvalue weighted by Gasteiger charge is -2.47. The third-order valence-electron chi connectivity index (χ3n) is 4.32. The fraction of sp³-hybridized carbons (Fsp3) is 0.286. The van der Waals surface area contributed by atoms with Crippen molar-refractivity contribution in [2.75, 3.05) is 16.5 Å². The molecule has 1 aliphatic heterocycles. The minimum Gasteiger partial charge on any atom is -0.381 e. The summed E-state index contributed by atoms with van der Waals surface area (Å²) < 4.78 is 15.1. The second kappa shape index (κ2) is 6.29. The van der Waals surface area contributed by atoms with Crippen LogP contribution in [-0.4, -0.2) is 26.2 Å². The maximum atomic E-state index is 14.0. The van der Waals surface area contributed by atoms with Crippen LogP contribution >= 0.6 is 24.0 Å². The Kier molecular flexibility index (Phi) is 4.41. The highest BCUT2D eigenvalue weighted by molar-refractivity contribution is 6.34. The Morgan fingerprint density at radius 2 is 2.08 bits per heavy atom. The van der Waals surface area contributed by atoms with Gasteiger partial charge in [0.25, 0.3) is 11.5 Å². The van der Waals surface area contributed by atoms with Gasteiger partial charge >= 0.3 is 0 Å². The number of nitrogens with zero attached hydrogens (tertiary/aromatic N) is 3. The zero-order valence-corrected chi connectivity index (χ0v) is 14.7. The number of pyridine rings is 1. The molecule has 2 aromatic rings. The second-order valence-corrected chi connectivity index (χ2v) is 6.35. The molecule has 3 heterocycles. The number of nitrogen functional groups attached to an aromatic ring is 1. The number of nitrogens with two attached hydrogens (primary N) is 1. The summed E-state index contributed by atoms with van der Waals surface area (Å²) in [4.78, 5) is 32.3. The van der Waals surface area contributed by atoms with Crippen LogP contribution in [-0.2, 0) is 0 Å². The molecule has 1 spiro atoms. The Morgan fingerprint density at radius 1 is 1.35 bits per heavy atom. The van der Waals surface area contributed by atoms with Gasteiger partial charge in [0.2, 0.25) is 5.82 Å². The number of rotatable bonds is 2. The Bertz CT molecular complexity index is 961. The van der Waals surface area contributed by atoms with Gasteiger partial charge in [-0.25, -0.2) is 14.6 Å². The van der Waals surface area contributed by atoms with Crippen LogP contribution in [0.15, 0.2) is 17.2 Å². The topological polar surface area (TPSA) is 127 Å². The molecule has 1 saturated carbocycles. The van der Waals surface area contributed by atoms with Crippen molar-refractivity contribution in [3.05, 3.63) is 39.3 Å². The highest BCUT2D eigenvalue weighted by atomic mass is 35.5. The summed E-state index contributed by atoms with van der Waals surface area (Å²) in [7, 11) is 0. The summed E-state index contributed by atoms with van der Waals surface area (Å²) in [6.45, 7) is 0. The van der Waals surface area contributed by atoms with Crippen molar-refractivity contribution in [2.24, 2.45) is 0 Å². The van der Waals surface area contributed by atoms with Gasteiger partial charge in [-0.2, -0.15) is 4.39 Å². The highest BCUT2D eigenvalue weighted by Gasteiger charge is 2.44. The minimum atomic E-state index is -0.887. The Balaban J connectivity index is 0.00000196. The van der Waals surface area contributed by atoms with Gasteiger partial charge in [0.15, 0.2) is 11.6 Å². The molecule has 4 rings (SSSR count). The Hall–Kier alpha value is -2.59. The maximum Gasteiger partial charge on any atom is 0.293 e. The lowest BCUT2D eigenvalue weighted by atomic mass is 9.84. The van der Waals surface area contributed by atoms with E-state index < -0.39 is 22.9 Å². The van der Waals surface area contributed by atoms with Crippen LogP contribution in [0.1, 0.15) is 29.8 Å². The normalized spacial score (nSPS) is 16.6. The van der Waals surface area contributed by atoms with Gasteiger partial charge in [0.05, 0.1) is 5.02 Å². The Morgan fingerprint density at radius 3 is 2.73 bits per heavy atom. The van der Waals surface area contributed by atoms with E-state index in [1.54, 1.807) is 0 Å². The molecular formula is C14H14Cl2FN7O2. The number of hydrogen-bond donors (Lipinski definition) is 4. The summed E-state index contributed by atoms with van der Waals surface area (Å²) in [5, 5.41) is 5.41. The molecule has 1 fully saturated rings. The number of amides is 1. The van der Waals surface area contributed by atoms with Crippen LogP contribution in [0.2, 0.25) is 5.02 Å². The number of aromatic nitrogens is 3. The van der Waals surface area contributed by atoms with Gasteiger partial charge in [-0.05, 0) is 25.3 Å². The Labute approximate surface area is 157 Å². The van der Waals surface area contributed by atoms with Crippen LogP contribution in [0.25, 0.3) is 0 Å². The predicted octanol–water partition coefficient (Wildman–Crippen LogP) is 1.35. The number of nitrogens with one attached hydrogen (secondary N) is 3. The van der Waals surface area contributed by atoms with Crippen molar-refractivity contribution in [3.63, 3.8) is 0 Å².